The van der Waals surface area contributed by atoms with Gasteiger partial charge in [-0.05, 0) is 43.7 Å². The van der Waals surface area contributed by atoms with Crippen LogP contribution in [0.2, 0.25) is 10.0 Å². The fourth-order valence-electron chi connectivity index (χ4n) is 3.18. The zero-order chi connectivity index (χ0) is 22.7. The van der Waals surface area contributed by atoms with Crippen molar-refractivity contribution in [1.29, 1.82) is 5.26 Å². The summed E-state index contributed by atoms with van der Waals surface area (Å²) in [5.41, 5.74) is 2.98. The number of para-hydroxylation sites is 1. The van der Waals surface area contributed by atoms with Crippen LogP contribution in [-0.2, 0) is 4.79 Å². The van der Waals surface area contributed by atoms with E-state index in [-0.39, 0.29) is 27.0 Å². The van der Waals surface area contributed by atoms with Gasteiger partial charge in [0.15, 0.2) is 0 Å². The van der Waals surface area contributed by atoms with Crippen LogP contribution in [0.15, 0.2) is 54.1 Å². The number of benzene rings is 2. The Balaban J connectivity index is 1.94. The lowest BCUT2D eigenvalue weighted by Crippen LogP contribution is -2.14. The molecule has 0 saturated carbocycles. The number of nitro benzene ring substituents is 1. The number of amides is 1. The first-order valence-corrected chi connectivity index (χ1v) is 9.79. The van der Waals surface area contributed by atoms with Gasteiger partial charge >= 0.3 is 0 Å². The second kappa shape index (κ2) is 9.04. The number of rotatable bonds is 5. The SMILES string of the molecule is Cc1cc(/C=C(\C#N)C(=O)Nc2c(Cl)cc([N+](=O)[O-])cc2Cl)c(C)n1-c1ccccc1. The maximum absolute atomic E-state index is 12.7. The van der Waals surface area contributed by atoms with Gasteiger partial charge in [0, 0.05) is 29.2 Å². The normalized spacial score (nSPS) is 11.1. The minimum absolute atomic E-state index is 0.00478. The van der Waals surface area contributed by atoms with E-state index < -0.39 is 10.8 Å². The van der Waals surface area contributed by atoms with Crippen LogP contribution in [0, 0.1) is 35.3 Å². The molecule has 1 aromatic heterocycles. The Morgan fingerprint density at radius 2 is 1.77 bits per heavy atom. The molecule has 2 aromatic carbocycles. The van der Waals surface area contributed by atoms with Crippen molar-refractivity contribution in [1.82, 2.24) is 4.57 Å². The van der Waals surface area contributed by atoms with E-state index in [9.17, 15) is 20.2 Å². The fourth-order valence-corrected chi connectivity index (χ4v) is 3.75. The Labute approximate surface area is 188 Å². The van der Waals surface area contributed by atoms with Crippen molar-refractivity contribution in [3.63, 3.8) is 0 Å². The van der Waals surface area contributed by atoms with E-state index >= 15 is 0 Å². The molecule has 3 aromatic rings. The Morgan fingerprint density at radius 3 is 2.32 bits per heavy atom. The van der Waals surface area contributed by atoms with Gasteiger partial charge in [-0.15, -0.1) is 0 Å². The third kappa shape index (κ3) is 4.61. The summed E-state index contributed by atoms with van der Waals surface area (Å²) in [7, 11) is 0. The molecule has 0 saturated heterocycles. The van der Waals surface area contributed by atoms with Crippen molar-refractivity contribution >= 4 is 46.6 Å². The molecule has 0 aliphatic carbocycles. The zero-order valence-electron chi connectivity index (χ0n) is 16.5. The molecular weight excluding hydrogens is 439 g/mol. The smallest absolute Gasteiger partial charge is 0.272 e. The average Bonchev–Trinajstić information content (AvgIpc) is 3.01. The highest BCUT2D eigenvalue weighted by molar-refractivity contribution is 6.40. The number of hydrogen-bond acceptors (Lipinski definition) is 4. The molecule has 0 fully saturated rings. The predicted molar refractivity (Wildman–Crippen MR) is 121 cm³/mol. The maximum Gasteiger partial charge on any atom is 0.272 e. The van der Waals surface area contributed by atoms with Crippen LogP contribution < -0.4 is 5.32 Å². The number of nitrogens with one attached hydrogen (secondary N) is 1. The molecular formula is C22H16Cl2N4O3. The third-order valence-corrected chi connectivity index (χ3v) is 5.22. The summed E-state index contributed by atoms with van der Waals surface area (Å²) in [6, 6.07) is 15.6. The first-order valence-electron chi connectivity index (χ1n) is 9.04. The minimum atomic E-state index is -0.732. The molecule has 9 heteroatoms. The molecule has 0 radical (unpaired) electrons. The average molecular weight is 455 g/mol. The monoisotopic (exact) mass is 454 g/mol. The highest BCUT2D eigenvalue weighted by atomic mass is 35.5. The molecule has 7 nitrogen and oxygen atoms in total. The van der Waals surface area contributed by atoms with Gasteiger partial charge in [-0.2, -0.15) is 5.26 Å². The van der Waals surface area contributed by atoms with Crippen molar-refractivity contribution < 1.29 is 9.72 Å². The standard InChI is InChI=1S/C22H16Cl2N4O3/c1-13-8-15(14(2)27(13)17-6-4-3-5-7-17)9-16(12-25)22(29)26-21-19(23)10-18(28(30)31)11-20(21)24/h3-11H,1-2H3,(H,26,29)/b16-9+. The van der Waals surface area contributed by atoms with Crippen LogP contribution in [0.4, 0.5) is 11.4 Å². The number of halogens is 2. The highest BCUT2D eigenvalue weighted by Gasteiger charge is 2.19. The van der Waals surface area contributed by atoms with Gasteiger partial charge in [-0.25, -0.2) is 0 Å². The molecule has 0 aliphatic rings. The lowest BCUT2D eigenvalue weighted by atomic mass is 10.1. The minimum Gasteiger partial charge on any atom is -0.319 e. The molecule has 1 amide bonds. The number of hydrogen-bond donors (Lipinski definition) is 1. The molecule has 0 aliphatic heterocycles. The lowest BCUT2D eigenvalue weighted by Gasteiger charge is -2.10. The van der Waals surface area contributed by atoms with Crippen LogP contribution in [0.25, 0.3) is 11.8 Å². The Morgan fingerprint density at radius 1 is 1.16 bits per heavy atom. The van der Waals surface area contributed by atoms with Gasteiger partial charge in [0.25, 0.3) is 11.6 Å². The second-order valence-corrected chi connectivity index (χ2v) is 7.48. The van der Waals surface area contributed by atoms with Crippen LogP contribution in [-0.4, -0.2) is 15.4 Å². The highest BCUT2D eigenvalue weighted by Crippen LogP contribution is 2.35. The van der Waals surface area contributed by atoms with Gasteiger partial charge in [0.1, 0.15) is 11.6 Å². The first-order chi connectivity index (χ1) is 14.7. The van der Waals surface area contributed by atoms with E-state index in [1.807, 2.05) is 60.9 Å². The quantitative estimate of drug-likeness (QED) is 0.226. The van der Waals surface area contributed by atoms with Gasteiger partial charge in [0.2, 0.25) is 0 Å². The van der Waals surface area contributed by atoms with E-state index in [1.54, 1.807) is 0 Å². The molecule has 1 heterocycles. The topological polar surface area (TPSA) is 101 Å². The Bertz CT molecular complexity index is 1230. The number of carbonyl (C=O) groups is 1. The Kier molecular flexibility index (Phi) is 6.44. The van der Waals surface area contributed by atoms with Gasteiger partial charge in [-0.1, -0.05) is 41.4 Å². The summed E-state index contributed by atoms with van der Waals surface area (Å²) in [4.78, 5) is 22.9. The molecule has 31 heavy (non-hydrogen) atoms. The molecule has 0 atom stereocenters. The van der Waals surface area contributed by atoms with E-state index in [0.717, 1.165) is 29.2 Å². The van der Waals surface area contributed by atoms with Crippen LogP contribution in [0.5, 0.6) is 0 Å². The second-order valence-electron chi connectivity index (χ2n) is 6.66. The van der Waals surface area contributed by atoms with E-state index in [4.69, 9.17) is 23.2 Å². The summed E-state index contributed by atoms with van der Waals surface area (Å²) >= 11 is 12.1. The summed E-state index contributed by atoms with van der Waals surface area (Å²) in [5.74, 6) is -0.732. The van der Waals surface area contributed by atoms with Crippen molar-refractivity contribution in [2.45, 2.75) is 13.8 Å². The number of aryl methyl sites for hydroxylation is 1. The van der Waals surface area contributed by atoms with E-state index in [1.165, 1.54) is 6.08 Å². The molecule has 0 bridgehead atoms. The zero-order valence-corrected chi connectivity index (χ0v) is 18.0. The van der Waals surface area contributed by atoms with Gasteiger partial charge in [0.05, 0.1) is 20.7 Å². The van der Waals surface area contributed by atoms with Crippen molar-refractivity contribution in [3.05, 3.63) is 91.2 Å². The number of non-ortho nitro benzene ring substituents is 1. The number of nitriles is 1. The summed E-state index contributed by atoms with van der Waals surface area (Å²) < 4.78 is 2.02. The predicted octanol–water partition coefficient (Wildman–Crippen LogP) is 5.85. The number of aromatic nitrogens is 1. The number of carbonyl (C=O) groups excluding carboxylic acids is 1. The Hall–Kier alpha value is -3.60. The summed E-state index contributed by atoms with van der Waals surface area (Å²) in [5, 5.41) is 22.7. The molecule has 0 unspecified atom stereocenters. The fraction of sp³-hybridized carbons (Fsp3) is 0.0909. The number of anilines is 1. The largest absolute Gasteiger partial charge is 0.319 e. The van der Waals surface area contributed by atoms with Crippen molar-refractivity contribution in [2.75, 3.05) is 5.32 Å². The number of nitro groups is 1. The first kappa shape index (κ1) is 22.1. The van der Waals surface area contributed by atoms with E-state index in [2.05, 4.69) is 5.32 Å². The molecule has 156 valence electrons. The molecule has 0 spiro atoms. The van der Waals surface area contributed by atoms with Crippen molar-refractivity contribution in [2.24, 2.45) is 0 Å². The maximum atomic E-state index is 12.7. The summed E-state index contributed by atoms with van der Waals surface area (Å²) in [6.45, 7) is 3.82. The van der Waals surface area contributed by atoms with Crippen molar-refractivity contribution in [3.8, 4) is 11.8 Å². The lowest BCUT2D eigenvalue weighted by molar-refractivity contribution is -0.384. The molecule has 1 N–H and O–H groups in total. The van der Waals surface area contributed by atoms with Gasteiger partial charge in [-0.3, -0.25) is 14.9 Å². The van der Waals surface area contributed by atoms with Crippen LogP contribution >= 0.6 is 23.2 Å². The van der Waals surface area contributed by atoms with Crippen LogP contribution in [0.1, 0.15) is 17.0 Å². The molecule has 3 rings (SSSR count). The van der Waals surface area contributed by atoms with Crippen LogP contribution in [0.3, 0.4) is 0 Å². The number of nitrogens with zero attached hydrogens (tertiary/aromatic N) is 3. The van der Waals surface area contributed by atoms with E-state index in [0.29, 0.717) is 5.56 Å². The third-order valence-electron chi connectivity index (χ3n) is 4.63. The summed E-state index contributed by atoms with van der Waals surface area (Å²) in [6.07, 6.45) is 1.48. The van der Waals surface area contributed by atoms with Gasteiger partial charge < -0.3 is 9.88 Å².